The third-order valence-electron chi connectivity index (χ3n) is 3.14. The van der Waals surface area contributed by atoms with Crippen molar-refractivity contribution in [1.82, 2.24) is 4.98 Å². The fourth-order valence-corrected chi connectivity index (χ4v) is 2.16. The van der Waals surface area contributed by atoms with Gasteiger partial charge in [-0.3, -0.25) is 4.98 Å². The van der Waals surface area contributed by atoms with Gasteiger partial charge in [0, 0.05) is 30.1 Å². The molecule has 0 atom stereocenters. The van der Waals surface area contributed by atoms with E-state index in [4.69, 9.17) is 19.9 Å². The second-order valence-corrected chi connectivity index (χ2v) is 5.04. The highest BCUT2D eigenvalue weighted by Crippen LogP contribution is 2.31. The summed E-state index contributed by atoms with van der Waals surface area (Å²) in [4.78, 5) is 4.02. The van der Waals surface area contributed by atoms with E-state index in [9.17, 15) is 0 Å². The third kappa shape index (κ3) is 4.16. The number of nitrogens with two attached hydrogens (primary N) is 1. The number of aromatic nitrogens is 1. The first kappa shape index (κ1) is 15.7. The van der Waals surface area contributed by atoms with E-state index in [1.165, 1.54) is 0 Å². The highest BCUT2D eigenvalue weighted by molar-refractivity contribution is 5.52. The summed E-state index contributed by atoms with van der Waals surface area (Å²) in [6, 6.07) is 16.3. The Hall–Kier alpha value is -3.21. The number of nitrogens with zero attached hydrogens (tertiary/aromatic N) is 1. The molecule has 1 aromatic heterocycles. The first-order chi connectivity index (χ1) is 11.7. The number of pyridine rings is 1. The molecule has 122 valence electrons. The lowest BCUT2D eigenvalue weighted by molar-refractivity contribution is 0.339. The van der Waals surface area contributed by atoms with Crippen LogP contribution >= 0.6 is 0 Å². The smallest absolute Gasteiger partial charge is 0.145 e. The van der Waals surface area contributed by atoms with Crippen LogP contribution in [0.3, 0.4) is 0 Å². The van der Waals surface area contributed by atoms with Crippen LogP contribution in [0.5, 0.6) is 28.7 Å². The number of ether oxygens (including phenoxy) is 3. The molecule has 0 radical (unpaired) electrons. The van der Waals surface area contributed by atoms with Crippen molar-refractivity contribution in [3.8, 4) is 28.7 Å². The van der Waals surface area contributed by atoms with Crippen LogP contribution in [0.15, 0.2) is 67.0 Å². The fourth-order valence-electron chi connectivity index (χ4n) is 2.16. The minimum Gasteiger partial charge on any atom is -0.494 e. The van der Waals surface area contributed by atoms with Crippen LogP contribution in [-0.4, -0.2) is 11.6 Å². The molecule has 1 heterocycles. The number of hydrogen-bond acceptors (Lipinski definition) is 5. The highest BCUT2D eigenvalue weighted by atomic mass is 16.5. The Balaban J connectivity index is 1.76. The van der Waals surface area contributed by atoms with Crippen LogP contribution < -0.4 is 19.9 Å². The third-order valence-corrected chi connectivity index (χ3v) is 3.14. The van der Waals surface area contributed by atoms with E-state index in [2.05, 4.69) is 4.98 Å². The number of hydrogen-bond donors (Lipinski definition) is 1. The Morgan fingerprint density at radius 3 is 2.12 bits per heavy atom. The summed E-state index contributed by atoms with van der Waals surface area (Å²) >= 11 is 0. The van der Waals surface area contributed by atoms with Crippen LogP contribution in [0.2, 0.25) is 0 Å². The van der Waals surface area contributed by atoms with E-state index in [0.717, 1.165) is 5.75 Å². The lowest BCUT2D eigenvalue weighted by Crippen LogP contribution is -1.93. The molecule has 0 saturated carbocycles. The average molecular weight is 322 g/mol. The molecule has 0 amide bonds. The van der Waals surface area contributed by atoms with Crippen molar-refractivity contribution in [2.24, 2.45) is 0 Å². The standard InChI is InChI=1S/C19H18N2O3/c1-2-22-15-5-7-16(8-6-15)23-18-10-14(20)11-19(12-18)24-17-4-3-9-21-13-17/h3-13H,2,20H2,1H3. The van der Waals surface area contributed by atoms with Crippen molar-refractivity contribution < 1.29 is 14.2 Å². The van der Waals surface area contributed by atoms with Crippen molar-refractivity contribution in [1.29, 1.82) is 0 Å². The molecule has 5 nitrogen and oxygen atoms in total. The van der Waals surface area contributed by atoms with Crippen LogP contribution in [0.1, 0.15) is 6.92 Å². The Labute approximate surface area is 140 Å². The summed E-state index contributed by atoms with van der Waals surface area (Å²) in [5.41, 5.74) is 6.49. The predicted molar refractivity (Wildman–Crippen MR) is 92.9 cm³/mol. The van der Waals surface area contributed by atoms with Gasteiger partial charge in [0.1, 0.15) is 28.7 Å². The SMILES string of the molecule is CCOc1ccc(Oc2cc(N)cc(Oc3cccnc3)c2)cc1. The molecular formula is C19H18N2O3. The minimum absolute atomic E-state index is 0.553. The van der Waals surface area contributed by atoms with Crippen molar-refractivity contribution >= 4 is 5.69 Å². The molecule has 0 saturated heterocycles. The molecule has 2 aromatic carbocycles. The predicted octanol–water partition coefficient (Wildman–Crippen LogP) is 4.65. The zero-order chi connectivity index (χ0) is 16.8. The van der Waals surface area contributed by atoms with Crippen molar-refractivity contribution in [3.05, 3.63) is 67.0 Å². The van der Waals surface area contributed by atoms with Gasteiger partial charge < -0.3 is 19.9 Å². The molecular weight excluding hydrogens is 304 g/mol. The van der Waals surface area contributed by atoms with Gasteiger partial charge in [0.25, 0.3) is 0 Å². The summed E-state index contributed by atoms with van der Waals surface area (Å²) < 4.78 is 17.0. The van der Waals surface area contributed by atoms with Crippen LogP contribution in [0.4, 0.5) is 5.69 Å². The zero-order valence-electron chi connectivity index (χ0n) is 13.3. The Kier molecular flexibility index (Phi) is 4.81. The maximum atomic E-state index is 5.93. The van der Waals surface area contributed by atoms with E-state index < -0.39 is 0 Å². The largest absolute Gasteiger partial charge is 0.494 e. The molecule has 0 bridgehead atoms. The van der Waals surface area contributed by atoms with Crippen molar-refractivity contribution in [3.63, 3.8) is 0 Å². The monoisotopic (exact) mass is 322 g/mol. The second-order valence-electron chi connectivity index (χ2n) is 5.04. The average Bonchev–Trinajstić information content (AvgIpc) is 2.57. The Morgan fingerprint density at radius 1 is 0.833 bits per heavy atom. The molecule has 3 rings (SSSR count). The van der Waals surface area contributed by atoms with E-state index in [0.29, 0.717) is 35.3 Å². The maximum absolute atomic E-state index is 5.93. The lowest BCUT2D eigenvalue weighted by atomic mass is 10.2. The first-order valence-corrected chi connectivity index (χ1v) is 7.62. The molecule has 24 heavy (non-hydrogen) atoms. The van der Waals surface area contributed by atoms with Gasteiger partial charge in [-0.1, -0.05) is 0 Å². The molecule has 0 aliphatic heterocycles. The molecule has 5 heteroatoms. The summed E-state index contributed by atoms with van der Waals surface area (Å²) in [6.07, 6.45) is 3.32. The molecule has 0 fully saturated rings. The number of anilines is 1. The van der Waals surface area contributed by atoms with Gasteiger partial charge in [-0.2, -0.15) is 0 Å². The number of rotatable bonds is 6. The van der Waals surface area contributed by atoms with Crippen LogP contribution in [0, 0.1) is 0 Å². The van der Waals surface area contributed by atoms with Gasteiger partial charge in [-0.05, 0) is 43.3 Å². The van der Waals surface area contributed by atoms with Gasteiger partial charge in [0.05, 0.1) is 12.8 Å². The molecule has 3 aromatic rings. The quantitative estimate of drug-likeness (QED) is 0.669. The van der Waals surface area contributed by atoms with Gasteiger partial charge in [-0.25, -0.2) is 0 Å². The maximum Gasteiger partial charge on any atom is 0.145 e. The highest BCUT2D eigenvalue weighted by Gasteiger charge is 2.05. The van der Waals surface area contributed by atoms with Crippen molar-refractivity contribution in [2.75, 3.05) is 12.3 Å². The van der Waals surface area contributed by atoms with Gasteiger partial charge >= 0.3 is 0 Å². The van der Waals surface area contributed by atoms with E-state index in [1.54, 1.807) is 36.7 Å². The molecule has 0 unspecified atom stereocenters. The van der Waals surface area contributed by atoms with E-state index in [1.807, 2.05) is 37.3 Å². The topological polar surface area (TPSA) is 66.6 Å². The van der Waals surface area contributed by atoms with Crippen LogP contribution in [0.25, 0.3) is 0 Å². The minimum atomic E-state index is 0.553. The normalized spacial score (nSPS) is 10.2. The number of nitrogen functional groups attached to an aromatic ring is 1. The van der Waals surface area contributed by atoms with Crippen molar-refractivity contribution in [2.45, 2.75) is 6.92 Å². The summed E-state index contributed by atoms with van der Waals surface area (Å²) in [6.45, 7) is 2.57. The van der Waals surface area contributed by atoms with Gasteiger partial charge in [0.15, 0.2) is 0 Å². The summed E-state index contributed by atoms with van der Waals surface area (Å²) in [5.74, 6) is 3.31. The van der Waals surface area contributed by atoms with Crippen LogP contribution in [-0.2, 0) is 0 Å². The second kappa shape index (κ2) is 7.37. The zero-order valence-corrected chi connectivity index (χ0v) is 13.3. The summed E-state index contributed by atoms with van der Waals surface area (Å²) in [7, 11) is 0. The molecule has 2 N–H and O–H groups in total. The molecule has 0 aliphatic carbocycles. The lowest BCUT2D eigenvalue weighted by Gasteiger charge is -2.11. The molecule has 0 spiro atoms. The fraction of sp³-hybridized carbons (Fsp3) is 0.105. The van der Waals surface area contributed by atoms with Gasteiger partial charge in [0.2, 0.25) is 0 Å². The first-order valence-electron chi connectivity index (χ1n) is 7.62. The molecule has 0 aliphatic rings. The van der Waals surface area contributed by atoms with E-state index in [-0.39, 0.29) is 0 Å². The number of benzene rings is 2. The Bertz CT molecular complexity index is 789. The Morgan fingerprint density at radius 2 is 1.50 bits per heavy atom. The van der Waals surface area contributed by atoms with Gasteiger partial charge in [-0.15, -0.1) is 0 Å². The summed E-state index contributed by atoms with van der Waals surface area (Å²) in [5, 5.41) is 0. The van der Waals surface area contributed by atoms with E-state index >= 15 is 0 Å².